The highest BCUT2D eigenvalue weighted by molar-refractivity contribution is 5.96. The first kappa shape index (κ1) is 18.5. The third-order valence-corrected chi connectivity index (χ3v) is 3.82. The largest absolute Gasteiger partial charge is 0.465 e. The highest BCUT2D eigenvalue weighted by Gasteiger charge is 2.12. The average molecular weight is 342 g/mol. The number of amides is 1. The van der Waals surface area contributed by atoms with E-state index in [0.29, 0.717) is 11.1 Å². The van der Waals surface area contributed by atoms with Crippen LogP contribution in [-0.4, -0.2) is 44.7 Å². The first-order valence-electron chi connectivity index (χ1n) is 7.84. The van der Waals surface area contributed by atoms with Crippen LogP contribution in [0.25, 0.3) is 0 Å². The number of carbonyl (C=O) groups is 2. The summed E-state index contributed by atoms with van der Waals surface area (Å²) in [6.45, 7) is 0.0961. The summed E-state index contributed by atoms with van der Waals surface area (Å²) >= 11 is 0. The summed E-state index contributed by atoms with van der Waals surface area (Å²) in [5.74, 6) is -0.774. The van der Waals surface area contributed by atoms with E-state index in [4.69, 9.17) is 0 Å². The number of esters is 1. The number of aliphatic hydroxyl groups excluding tert-OH is 1. The van der Waals surface area contributed by atoms with Crippen molar-refractivity contribution in [1.29, 1.82) is 0 Å². The quantitative estimate of drug-likeness (QED) is 0.785. The predicted octanol–water partition coefficient (Wildman–Crippen LogP) is 2.00. The molecule has 0 fully saturated rings. The fourth-order valence-corrected chi connectivity index (χ4v) is 2.28. The van der Waals surface area contributed by atoms with Gasteiger partial charge in [-0.15, -0.1) is 0 Å². The van der Waals surface area contributed by atoms with E-state index in [0.717, 1.165) is 11.3 Å². The highest BCUT2D eigenvalue weighted by atomic mass is 16.5. The van der Waals surface area contributed by atoms with E-state index in [1.54, 1.807) is 12.1 Å². The van der Waals surface area contributed by atoms with Gasteiger partial charge in [0.25, 0.3) is 5.91 Å². The molecule has 132 valence electrons. The van der Waals surface area contributed by atoms with Gasteiger partial charge in [0.05, 0.1) is 18.8 Å². The number of nitrogens with zero attached hydrogens (tertiary/aromatic N) is 1. The molecular formula is C19H22N2O4. The van der Waals surface area contributed by atoms with E-state index < -0.39 is 12.1 Å². The number of carbonyl (C=O) groups excluding carboxylic acids is 2. The molecule has 0 spiro atoms. The first-order chi connectivity index (χ1) is 11.9. The van der Waals surface area contributed by atoms with Crippen LogP contribution in [0.3, 0.4) is 0 Å². The van der Waals surface area contributed by atoms with Crippen molar-refractivity contribution in [3.8, 4) is 0 Å². The van der Waals surface area contributed by atoms with Crippen LogP contribution in [0.2, 0.25) is 0 Å². The van der Waals surface area contributed by atoms with Gasteiger partial charge in [0.1, 0.15) is 0 Å². The summed E-state index contributed by atoms with van der Waals surface area (Å²) in [7, 11) is 5.18. The molecule has 1 amide bonds. The highest BCUT2D eigenvalue weighted by Crippen LogP contribution is 2.17. The second-order valence-electron chi connectivity index (χ2n) is 5.78. The molecule has 6 nitrogen and oxygen atoms in total. The van der Waals surface area contributed by atoms with Crippen LogP contribution in [0, 0.1) is 0 Å². The molecule has 0 bridgehead atoms. The molecule has 0 aromatic heterocycles. The fraction of sp³-hybridized carbons (Fsp3) is 0.263. The Morgan fingerprint density at radius 3 is 2.12 bits per heavy atom. The van der Waals surface area contributed by atoms with Crippen molar-refractivity contribution in [2.45, 2.75) is 6.10 Å². The number of anilines is 1. The topological polar surface area (TPSA) is 78.9 Å². The molecular weight excluding hydrogens is 320 g/mol. The van der Waals surface area contributed by atoms with Crippen LogP contribution in [0.5, 0.6) is 0 Å². The zero-order chi connectivity index (χ0) is 18.4. The maximum absolute atomic E-state index is 12.1. The summed E-state index contributed by atoms with van der Waals surface area (Å²) in [6, 6.07) is 13.6. The van der Waals surface area contributed by atoms with Crippen LogP contribution < -0.4 is 10.2 Å². The monoisotopic (exact) mass is 342 g/mol. The Bertz CT molecular complexity index is 724. The van der Waals surface area contributed by atoms with Crippen molar-refractivity contribution in [1.82, 2.24) is 5.32 Å². The third kappa shape index (κ3) is 4.81. The zero-order valence-electron chi connectivity index (χ0n) is 14.5. The number of nitrogens with one attached hydrogen (secondary N) is 1. The number of benzene rings is 2. The average Bonchev–Trinajstić information content (AvgIpc) is 2.65. The maximum Gasteiger partial charge on any atom is 0.337 e. The molecule has 0 saturated heterocycles. The van der Waals surface area contributed by atoms with Crippen molar-refractivity contribution in [3.63, 3.8) is 0 Å². The van der Waals surface area contributed by atoms with Crippen LogP contribution in [-0.2, 0) is 4.74 Å². The normalized spacial score (nSPS) is 11.5. The van der Waals surface area contributed by atoms with Gasteiger partial charge in [-0.25, -0.2) is 4.79 Å². The molecule has 2 rings (SSSR count). The number of rotatable bonds is 6. The molecule has 2 aromatic rings. The minimum atomic E-state index is -0.797. The lowest BCUT2D eigenvalue weighted by atomic mass is 10.1. The fourth-order valence-electron chi connectivity index (χ4n) is 2.28. The second kappa shape index (κ2) is 8.30. The number of hydrogen-bond donors (Lipinski definition) is 2. The van der Waals surface area contributed by atoms with Crippen molar-refractivity contribution < 1.29 is 19.4 Å². The van der Waals surface area contributed by atoms with E-state index in [-0.39, 0.29) is 12.5 Å². The lowest BCUT2D eigenvalue weighted by molar-refractivity contribution is 0.0600. The Balaban J connectivity index is 1.93. The van der Waals surface area contributed by atoms with E-state index >= 15 is 0 Å². The van der Waals surface area contributed by atoms with Crippen LogP contribution in [0.1, 0.15) is 32.4 Å². The van der Waals surface area contributed by atoms with Crippen LogP contribution >= 0.6 is 0 Å². The smallest absolute Gasteiger partial charge is 0.337 e. The molecule has 2 N–H and O–H groups in total. The molecule has 0 aliphatic rings. The molecule has 0 aliphatic heterocycles. The van der Waals surface area contributed by atoms with Crippen LogP contribution in [0.4, 0.5) is 5.69 Å². The maximum atomic E-state index is 12.1. The Labute approximate surface area is 147 Å². The molecule has 25 heavy (non-hydrogen) atoms. The summed E-state index contributed by atoms with van der Waals surface area (Å²) < 4.78 is 4.61. The van der Waals surface area contributed by atoms with E-state index in [2.05, 4.69) is 10.1 Å². The van der Waals surface area contributed by atoms with Gasteiger partial charge in [0, 0.05) is 31.9 Å². The van der Waals surface area contributed by atoms with Gasteiger partial charge < -0.3 is 20.1 Å². The third-order valence-electron chi connectivity index (χ3n) is 3.82. The molecule has 0 unspecified atom stereocenters. The lowest BCUT2D eigenvalue weighted by Crippen LogP contribution is -2.28. The minimum absolute atomic E-state index is 0.0961. The molecule has 0 radical (unpaired) electrons. The first-order valence-corrected chi connectivity index (χ1v) is 7.84. The summed E-state index contributed by atoms with van der Waals surface area (Å²) in [4.78, 5) is 25.5. The number of aliphatic hydroxyl groups is 1. The summed E-state index contributed by atoms with van der Waals surface area (Å²) in [5.41, 5.74) is 2.54. The van der Waals surface area contributed by atoms with E-state index in [9.17, 15) is 14.7 Å². The Morgan fingerprint density at radius 2 is 1.60 bits per heavy atom. The van der Waals surface area contributed by atoms with Crippen molar-refractivity contribution in [2.75, 3.05) is 32.6 Å². The Hall–Kier alpha value is -2.86. The molecule has 1 atom stereocenters. The zero-order valence-corrected chi connectivity index (χ0v) is 14.5. The van der Waals surface area contributed by atoms with Crippen molar-refractivity contribution in [2.24, 2.45) is 0 Å². The van der Waals surface area contributed by atoms with Crippen molar-refractivity contribution >= 4 is 17.6 Å². The molecule has 0 aliphatic carbocycles. The van der Waals surface area contributed by atoms with E-state index in [1.165, 1.54) is 19.2 Å². The minimum Gasteiger partial charge on any atom is -0.465 e. The Morgan fingerprint density at radius 1 is 1.04 bits per heavy atom. The SMILES string of the molecule is COC(=O)c1ccc(C(=O)NC[C@H](O)c2ccc(N(C)C)cc2)cc1. The van der Waals surface area contributed by atoms with E-state index in [1.807, 2.05) is 43.3 Å². The lowest BCUT2D eigenvalue weighted by Gasteiger charge is -2.15. The van der Waals surface area contributed by atoms with Crippen LogP contribution in [0.15, 0.2) is 48.5 Å². The molecule has 0 heterocycles. The number of ether oxygens (including phenoxy) is 1. The summed E-state index contributed by atoms with van der Waals surface area (Å²) in [5, 5.41) is 12.9. The van der Waals surface area contributed by atoms with Gasteiger partial charge in [-0.2, -0.15) is 0 Å². The van der Waals surface area contributed by atoms with Gasteiger partial charge in [-0.05, 0) is 42.0 Å². The van der Waals surface area contributed by atoms with Gasteiger partial charge in [-0.3, -0.25) is 4.79 Å². The Kier molecular flexibility index (Phi) is 6.14. The van der Waals surface area contributed by atoms with Gasteiger partial charge in [0.2, 0.25) is 0 Å². The van der Waals surface area contributed by atoms with Gasteiger partial charge in [-0.1, -0.05) is 12.1 Å². The van der Waals surface area contributed by atoms with Gasteiger partial charge in [0.15, 0.2) is 0 Å². The van der Waals surface area contributed by atoms with Gasteiger partial charge >= 0.3 is 5.97 Å². The molecule has 6 heteroatoms. The summed E-state index contributed by atoms with van der Waals surface area (Å²) in [6.07, 6.45) is -0.797. The number of methoxy groups -OCH3 is 1. The van der Waals surface area contributed by atoms with Crippen molar-refractivity contribution in [3.05, 3.63) is 65.2 Å². The molecule has 0 saturated carbocycles. The predicted molar refractivity (Wildman–Crippen MR) is 95.8 cm³/mol. The standard InChI is InChI=1S/C19H22N2O4/c1-21(2)16-10-8-13(9-11-16)17(22)12-20-18(23)14-4-6-15(7-5-14)19(24)25-3/h4-11,17,22H,12H2,1-3H3,(H,20,23)/t17-/m0/s1. The number of hydrogen-bond acceptors (Lipinski definition) is 5. The molecule has 2 aromatic carbocycles. The second-order valence-corrected chi connectivity index (χ2v) is 5.78.